The van der Waals surface area contributed by atoms with E-state index in [1.807, 2.05) is 62.8 Å². The van der Waals surface area contributed by atoms with Crippen LogP contribution in [0.2, 0.25) is 5.02 Å². The smallest absolute Gasteiger partial charge is 0.196 e. The van der Waals surface area contributed by atoms with Crippen LogP contribution in [0.25, 0.3) is 5.69 Å². The minimum Gasteiger partial charge on any atom is -0.385 e. The topological polar surface area (TPSA) is 65.2 Å². The summed E-state index contributed by atoms with van der Waals surface area (Å²) in [6.07, 6.45) is 0.909. The monoisotopic (exact) mass is 489 g/mol. The number of carbonyl (C=O) groups is 1. The molecule has 2 heterocycles. The molecule has 0 aliphatic rings. The number of carbonyl (C=O) groups excluding carboxylic acids is 1. The first-order chi connectivity index (χ1) is 15.7. The van der Waals surface area contributed by atoms with Gasteiger partial charge in [-0.15, -0.1) is 10.2 Å². The summed E-state index contributed by atoms with van der Waals surface area (Å²) in [5, 5.41) is 10.2. The maximum Gasteiger partial charge on any atom is 0.196 e. The molecule has 1 atom stereocenters. The van der Waals surface area contributed by atoms with Crippen molar-refractivity contribution in [2.75, 3.05) is 33.6 Å². The van der Waals surface area contributed by atoms with Gasteiger partial charge in [-0.05, 0) is 71.6 Å². The predicted octanol–water partition coefficient (Wildman–Crippen LogP) is 4.97. The Hall–Kier alpha value is -2.13. The van der Waals surface area contributed by atoms with Crippen LogP contribution in [0.4, 0.5) is 0 Å². The molecule has 1 unspecified atom stereocenters. The second kappa shape index (κ2) is 11.3. The number of aryl methyl sites for hydroxylation is 1. The van der Waals surface area contributed by atoms with Crippen molar-refractivity contribution < 1.29 is 9.53 Å². The van der Waals surface area contributed by atoms with E-state index in [9.17, 15) is 4.79 Å². The van der Waals surface area contributed by atoms with Crippen molar-refractivity contribution >= 4 is 29.1 Å². The maximum absolute atomic E-state index is 13.1. The Morgan fingerprint density at radius 3 is 2.55 bits per heavy atom. The molecule has 0 bridgehead atoms. The van der Waals surface area contributed by atoms with Crippen LogP contribution in [0.15, 0.2) is 35.5 Å². The van der Waals surface area contributed by atoms with E-state index in [1.165, 1.54) is 11.8 Å². The zero-order valence-corrected chi connectivity index (χ0v) is 21.7. The van der Waals surface area contributed by atoms with E-state index in [0.29, 0.717) is 16.8 Å². The molecule has 33 heavy (non-hydrogen) atoms. The van der Waals surface area contributed by atoms with Gasteiger partial charge in [0.1, 0.15) is 0 Å². The summed E-state index contributed by atoms with van der Waals surface area (Å²) in [5.41, 5.74) is 3.76. The first-order valence-corrected chi connectivity index (χ1v) is 12.3. The fourth-order valence-electron chi connectivity index (χ4n) is 3.71. The zero-order valence-electron chi connectivity index (χ0n) is 20.1. The summed E-state index contributed by atoms with van der Waals surface area (Å²) in [4.78, 5) is 15.2. The number of rotatable bonds is 11. The van der Waals surface area contributed by atoms with Crippen LogP contribution in [-0.4, -0.2) is 63.6 Å². The summed E-state index contributed by atoms with van der Waals surface area (Å²) in [6, 6.07) is 9.60. The Morgan fingerprint density at radius 1 is 1.21 bits per heavy atom. The van der Waals surface area contributed by atoms with Gasteiger partial charge in [-0.25, -0.2) is 0 Å². The van der Waals surface area contributed by atoms with Crippen molar-refractivity contribution in [1.82, 2.24) is 24.2 Å². The Morgan fingerprint density at radius 2 is 1.91 bits per heavy atom. The van der Waals surface area contributed by atoms with Crippen molar-refractivity contribution in [3.05, 3.63) is 58.1 Å². The van der Waals surface area contributed by atoms with Crippen LogP contribution in [0.5, 0.6) is 0 Å². The molecule has 0 aliphatic carbocycles. The molecule has 0 N–H and O–H groups in total. The van der Waals surface area contributed by atoms with E-state index in [4.69, 9.17) is 16.3 Å². The van der Waals surface area contributed by atoms with E-state index in [2.05, 4.69) is 26.6 Å². The fraction of sp³-hybridized carbons (Fsp3) is 0.458. The molecule has 0 saturated heterocycles. The van der Waals surface area contributed by atoms with Gasteiger partial charge in [-0.2, -0.15) is 0 Å². The quantitative estimate of drug-likeness (QED) is 0.215. The number of ketones is 1. The number of thioether (sulfide) groups is 1. The highest BCUT2D eigenvalue weighted by Gasteiger charge is 2.23. The number of nitrogens with zero attached hydrogens (tertiary/aromatic N) is 5. The summed E-state index contributed by atoms with van der Waals surface area (Å²) >= 11 is 7.50. The highest BCUT2D eigenvalue weighted by molar-refractivity contribution is 7.99. The number of methoxy groups -OCH3 is 1. The molecule has 1 aromatic carbocycles. The van der Waals surface area contributed by atoms with Gasteiger partial charge < -0.3 is 9.30 Å². The molecule has 0 amide bonds. The lowest BCUT2D eigenvalue weighted by atomic mass is 10.2. The maximum atomic E-state index is 13.1. The highest BCUT2D eigenvalue weighted by atomic mass is 35.5. The van der Waals surface area contributed by atoms with Gasteiger partial charge in [0.25, 0.3) is 0 Å². The number of ether oxygens (including phenoxy) is 1. The molecule has 7 nitrogen and oxygen atoms in total. The average Bonchev–Trinajstić information content (AvgIpc) is 3.33. The molecule has 2 aromatic heterocycles. The minimum atomic E-state index is 0.0456. The van der Waals surface area contributed by atoms with E-state index in [-0.39, 0.29) is 17.6 Å². The summed E-state index contributed by atoms with van der Waals surface area (Å²) in [5.74, 6) is 1.18. The van der Waals surface area contributed by atoms with Crippen molar-refractivity contribution in [2.45, 2.75) is 44.9 Å². The zero-order chi connectivity index (χ0) is 24.1. The molecule has 0 saturated carbocycles. The number of benzene rings is 1. The average molecular weight is 490 g/mol. The SMILES string of the molecule is COCCCn1c(C)cc(C(=O)CSc2nnc(C(C)N(C)C)n2-c2ccc(Cl)cc2)c1C. The van der Waals surface area contributed by atoms with Gasteiger partial charge in [-0.1, -0.05) is 23.4 Å². The second-order valence-corrected chi connectivity index (χ2v) is 9.67. The van der Waals surface area contributed by atoms with E-state index in [0.717, 1.165) is 41.4 Å². The van der Waals surface area contributed by atoms with Crippen molar-refractivity contribution in [3.63, 3.8) is 0 Å². The lowest BCUT2D eigenvalue weighted by Gasteiger charge is -2.20. The summed E-state index contributed by atoms with van der Waals surface area (Å²) < 4.78 is 9.36. The van der Waals surface area contributed by atoms with Crippen LogP contribution < -0.4 is 0 Å². The standard InChI is InChI=1S/C24H32ClN5O2S/c1-16-14-21(17(2)29(16)12-7-13-32-6)22(31)15-33-24-27-26-23(18(3)28(4)5)30(24)20-10-8-19(25)9-11-20/h8-11,14,18H,7,12-13,15H2,1-6H3. The molecule has 178 valence electrons. The predicted molar refractivity (Wildman–Crippen MR) is 134 cm³/mol. The third-order valence-electron chi connectivity index (χ3n) is 5.83. The fourth-order valence-corrected chi connectivity index (χ4v) is 4.68. The van der Waals surface area contributed by atoms with Crippen LogP contribution in [-0.2, 0) is 11.3 Å². The van der Waals surface area contributed by atoms with Gasteiger partial charge in [0.2, 0.25) is 0 Å². The molecule has 0 radical (unpaired) electrons. The number of hydrogen-bond acceptors (Lipinski definition) is 6. The summed E-state index contributed by atoms with van der Waals surface area (Å²) in [6.45, 7) is 7.65. The minimum absolute atomic E-state index is 0.0456. The molecule has 0 fully saturated rings. The number of Topliss-reactive ketones (excluding diaryl/α,β-unsaturated/α-hetero) is 1. The van der Waals surface area contributed by atoms with E-state index >= 15 is 0 Å². The summed E-state index contributed by atoms with van der Waals surface area (Å²) in [7, 11) is 5.71. The van der Waals surface area contributed by atoms with Crippen molar-refractivity contribution in [2.24, 2.45) is 0 Å². The molecule has 3 aromatic rings. The van der Waals surface area contributed by atoms with Crippen LogP contribution in [0.1, 0.15) is 47.0 Å². The number of aromatic nitrogens is 4. The lowest BCUT2D eigenvalue weighted by molar-refractivity contribution is 0.102. The normalized spacial score (nSPS) is 12.5. The molecular formula is C24H32ClN5O2S. The molecule has 0 aliphatic heterocycles. The third-order valence-corrected chi connectivity index (χ3v) is 7.01. The van der Waals surface area contributed by atoms with Gasteiger partial charge in [0.15, 0.2) is 16.8 Å². The first-order valence-electron chi connectivity index (χ1n) is 10.9. The molecule has 0 spiro atoms. The van der Waals surface area contributed by atoms with Crippen LogP contribution in [0.3, 0.4) is 0 Å². The third kappa shape index (κ3) is 5.87. The number of halogens is 1. The second-order valence-electron chi connectivity index (χ2n) is 8.29. The van der Waals surface area contributed by atoms with Crippen LogP contribution >= 0.6 is 23.4 Å². The largest absolute Gasteiger partial charge is 0.385 e. The van der Waals surface area contributed by atoms with E-state index < -0.39 is 0 Å². The Balaban J connectivity index is 1.83. The first kappa shape index (κ1) is 25.5. The Bertz CT molecular complexity index is 1090. The van der Waals surface area contributed by atoms with E-state index in [1.54, 1.807) is 7.11 Å². The van der Waals surface area contributed by atoms with Crippen LogP contribution in [0, 0.1) is 13.8 Å². The Labute approximate surface area is 205 Å². The lowest BCUT2D eigenvalue weighted by Crippen LogP contribution is -2.20. The van der Waals surface area contributed by atoms with Crippen molar-refractivity contribution in [3.8, 4) is 5.69 Å². The Kier molecular flexibility index (Phi) is 8.75. The molecule has 3 rings (SSSR count). The van der Waals surface area contributed by atoms with Gasteiger partial charge in [0, 0.05) is 47.9 Å². The highest BCUT2D eigenvalue weighted by Crippen LogP contribution is 2.28. The number of hydrogen-bond donors (Lipinski definition) is 0. The van der Waals surface area contributed by atoms with Gasteiger partial charge in [0.05, 0.1) is 11.8 Å². The molecule has 9 heteroatoms. The molecular weight excluding hydrogens is 458 g/mol. The van der Waals surface area contributed by atoms with Crippen molar-refractivity contribution in [1.29, 1.82) is 0 Å². The van der Waals surface area contributed by atoms with Gasteiger partial charge >= 0.3 is 0 Å². The van der Waals surface area contributed by atoms with Gasteiger partial charge in [-0.3, -0.25) is 14.3 Å².